The van der Waals surface area contributed by atoms with Gasteiger partial charge in [-0.2, -0.15) is 0 Å². The molecule has 0 heterocycles. The minimum atomic E-state index is -0.0559. The molecule has 5 nitrogen and oxygen atoms in total. The summed E-state index contributed by atoms with van der Waals surface area (Å²) in [6, 6.07) is 13.4. The van der Waals surface area contributed by atoms with Gasteiger partial charge in [-0.3, -0.25) is 9.98 Å². The summed E-state index contributed by atoms with van der Waals surface area (Å²) in [5.41, 5.74) is 1.14. The molecule has 119 valence electrons. The van der Waals surface area contributed by atoms with Crippen molar-refractivity contribution in [1.82, 2.24) is 0 Å². The summed E-state index contributed by atoms with van der Waals surface area (Å²) in [4.78, 5) is 8.51. The van der Waals surface area contributed by atoms with Crippen LogP contribution in [0, 0.1) is 0 Å². The van der Waals surface area contributed by atoms with Crippen LogP contribution in [0.3, 0.4) is 0 Å². The number of aliphatic imine (C=N–C) groups is 2. The molecule has 0 aliphatic rings. The number of benzene rings is 2. The molecule has 2 aromatic carbocycles. The number of rotatable bonds is 5. The SMILES string of the molecule is CC(CN=Cc1ccccc1[O-])N=Cc1ccccc1[O-].[O]=[V]. The second-order valence-electron chi connectivity index (χ2n) is 4.70. The van der Waals surface area contributed by atoms with Crippen molar-refractivity contribution in [3.63, 3.8) is 0 Å². The number of nitrogens with zero attached hydrogens (tertiary/aromatic N) is 2. The molecule has 23 heavy (non-hydrogen) atoms. The predicted molar refractivity (Wildman–Crippen MR) is 82.0 cm³/mol. The predicted octanol–water partition coefficient (Wildman–Crippen LogP) is 1.64. The van der Waals surface area contributed by atoms with Gasteiger partial charge >= 0.3 is 21.0 Å². The van der Waals surface area contributed by atoms with Gasteiger partial charge in [0, 0.05) is 12.4 Å². The summed E-state index contributed by atoms with van der Waals surface area (Å²) in [6.45, 7) is 2.37. The van der Waals surface area contributed by atoms with E-state index < -0.39 is 0 Å². The van der Waals surface area contributed by atoms with Crippen LogP contribution in [0.15, 0.2) is 58.5 Å². The monoisotopic (exact) mass is 347 g/mol. The van der Waals surface area contributed by atoms with E-state index in [0.29, 0.717) is 17.7 Å². The van der Waals surface area contributed by atoms with E-state index >= 15 is 0 Å². The number of para-hydroxylation sites is 2. The quantitative estimate of drug-likeness (QED) is 0.770. The molecule has 0 aromatic heterocycles. The molecule has 0 amide bonds. The Kier molecular flexibility index (Phi) is 8.57. The van der Waals surface area contributed by atoms with Gasteiger partial charge < -0.3 is 10.2 Å². The van der Waals surface area contributed by atoms with Crippen LogP contribution in [0.4, 0.5) is 0 Å². The van der Waals surface area contributed by atoms with Crippen molar-refractivity contribution in [3.05, 3.63) is 59.7 Å². The van der Waals surface area contributed by atoms with Crippen LogP contribution >= 0.6 is 0 Å². The molecule has 0 aliphatic carbocycles. The number of hydrogen-bond acceptors (Lipinski definition) is 5. The van der Waals surface area contributed by atoms with Crippen LogP contribution in [0.1, 0.15) is 18.1 Å². The zero-order chi connectivity index (χ0) is 17.1. The van der Waals surface area contributed by atoms with Crippen LogP contribution < -0.4 is 10.2 Å². The molecule has 2 rings (SSSR count). The summed E-state index contributed by atoms with van der Waals surface area (Å²) in [5.74, 6) is -0.0880. The molecule has 0 spiro atoms. The van der Waals surface area contributed by atoms with Gasteiger partial charge in [0.1, 0.15) is 0 Å². The third kappa shape index (κ3) is 6.59. The van der Waals surface area contributed by atoms with Crippen molar-refractivity contribution >= 4 is 12.4 Å². The third-order valence-electron chi connectivity index (χ3n) is 2.91. The number of hydrogen-bond donors (Lipinski definition) is 0. The van der Waals surface area contributed by atoms with Crippen LogP contribution in [-0.2, 0) is 21.0 Å². The molecule has 0 saturated carbocycles. The van der Waals surface area contributed by atoms with E-state index in [-0.39, 0.29) is 17.5 Å². The molecular formula is C17H16N2O3V-2. The average molecular weight is 347 g/mol. The Hall–Kier alpha value is -2.24. The zero-order valence-corrected chi connectivity index (χ0v) is 14.0. The van der Waals surface area contributed by atoms with Gasteiger partial charge in [0.05, 0.1) is 12.6 Å². The molecule has 1 atom stereocenters. The van der Waals surface area contributed by atoms with Crippen LogP contribution in [-0.4, -0.2) is 25.0 Å². The van der Waals surface area contributed by atoms with E-state index in [1.54, 1.807) is 48.8 Å². The third-order valence-corrected chi connectivity index (χ3v) is 2.91. The van der Waals surface area contributed by atoms with E-state index in [4.69, 9.17) is 3.67 Å². The van der Waals surface area contributed by atoms with E-state index in [2.05, 4.69) is 9.98 Å². The van der Waals surface area contributed by atoms with Crippen molar-refractivity contribution in [3.8, 4) is 11.5 Å². The van der Waals surface area contributed by atoms with Gasteiger partial charge in [0.15, 0.2) is 0 Å². The Morgan fingerprint density at radius 2 is 1.43 bits per heavy atom. The summed E-state index contributed by atoms with van der Waals surface area (Å²) in [5, 5.41) is 23.0. The van der Waals surface area contributed by atoms with Crippen molar-refractivity contribution in [2.75, 3.05) is 6.54 Å². The summed E-state index contributed by atoms with van der Waals surface area (Å²) in [7, 11) is 0. The van der Waals surface area contributed by atoms with E-state index in [0.717, 1.165) is 17.4 Å². The molecule has 1 unspecified atom stereocenters. The van der Waals surface area contributed by atoms with Crippen molar-refractivity contribution in [2.24, 2.45) is 9.98 Å². The molecule has 6 heteroatoms. The molecule has 0 saturated heterocycles. The van der Waals surface area contributed by atoms with Crippen LogP contribution in [0.2, 0.25) is 0 Å². The second kappa shape index (κ2) is 10.5. The first kappa shape index (κ1) is 18.8. The Bertz CT molecular complexity index is 674. The van der Waals surface area contributed by atoms with Gasteiger partial charge in [-0.1, -0.05) is 48.5 Å². The Balaban J connectivity index is 0.00000127. The fraction of sp³-hybridized carbons (Fsp3) is 0.176. The van der Waals surface area contributed by atoms with Crippen LogP contribution in [0.25, 0.3) is 0 Å². The van der Waals surface area contributed by atoms with Crippen molar-refractivity contribution in [1.29, 1.82) is 0 Å². The summed E-state index contributed by atoms with van der Waals surface area (Å²) in [6.07, 6.45) is 3.14. The maximum absolute atomic E-state index is 11.5. The van der Waals surface area contributed by atoms with Gasteiger partial charge in [0.2, 0.25) is 0 Å². The molecule has 0 bridgehead atoms. The Labute approximate surface area is 144 Å². The Morgan fingerprint density at radius 1 is 0.957 bits per heavy atom. The maximum atomic E-state index is 11.5. The van der Waals surface area contributed by atoms with Gasteiger partial charge in [-0.05, 0) is 18.1 Å². The second-order valence-corrected chi connectivity index (χ2v) is 4.70. The molecule has 2 aromatic rings. The summed E-state index contributed by atoms with van der Waals surface area (Å²) < 4.78 is 8.19. The summed E-state index contributed by atoms with van der Waals surface area (Å²) >= 11 is 1.06. The van der Waals surface area contributed by atoms with Gasteiger partial charge in [-0.25, -0.2) is 0 Å². The van der Waals surface area contributed by atoms with E-state index in [1.807, 2.05) is 6.92 Å². The molecule has 0 fully saturated rings. The molecule has 0 N–H and O–H groups in total. The van der Waals surface area contributed by atoms with E-state index in [9.17, 15) is 10.2 Å². The van der Waals surface area contributed by atoms with Crippen molar-refractivity contribution < 1.29 is 31.3 Å². The average Bonchev–Trinajstić information content (AvgIpc) is 2.58. The minimum absolute atomic E-state index is 0.0438. The zero-order valence-electron chi connectivity index (χ0n) is 12.6. The molecule has 0 aliphatic heterocycles. The fourth-order valence-corrected chi connectivity index (χ4v) is 1.73. The first-order valence-corrected chi connectivity index (χ1v) is 7.47. The van der Waals surface area contributed by atoms with E-state index in [1.165, 1.54) is 12.1 Å². The first-order valence-electron chi connectivity index (χ1n) is 6.90. The van der Waals surface area contributed by atoms with Gasteiger partial charge in [0.25, 0.3) is 0 Å². The molecular weight excluding hydrogens is 331 g/mol. The fourth-order valence-electron chi connectivity index (χ4n) is 1.73. The standard InChI is InChI=1S/C17H18N2O2.O.V/c1-13(19-12-15-7-3-5-9-17(15)21)10-18-11-14-6-2-4-8-16(14)20;;/h2-9,11-13,20-21H,10H2,1H3;;/p-2. The first-order chi connectivity index (χ1) is 11.2. The normalized spacial score (nSPS) is 12.0. The van der Waals surface area contributed by atoms with Gasteiger partial charge in [-0.15, -0.1) is 11.5 Å². The van der Waals surface area contributed by atoms with Crippen molar-refractivity contribution in [2.45, 2.75) is 13.0 Å². The Morgan fingerprint density at radius 3 is 1.96 bits per heavy atom. The molecule has 0 radical (unpaired) electrons. The van der Waals surface area contributed by atoms with Crippen LogP contribution in [0.5, 0.6) is 11.5 Å². The topological polar surface area (TPSA) is 87.9 Å².